The minimum atomic E-state index is -0.927. The molecule has 5 heteroatoms. The highest BCUT2D eigenvalue weighted by Crippen LogP contribution is 2.22. The minimum absolute atomic E-state index is 0.328. The van der Waals surface area contributed by atoms with Crippen molar-refractivity contribution >= 4 is 17.9 Å². The van der Waals surface area contributed by atoms with Crippen LogP contribution in [0.2, 0.25) is 0 Å². The maximum Gasteiger partial charge on any atom is 0.156 e. The third-order valence-corrected chi connectivity index (χ3v) is 1.96. The molecule has 1 unspecified atom stereocenters. The molecular formula is C7H11ClN4. The van der Waals surface area contributed by atoms with Crippen LogP contribution in [0.4, 0.5) is 0 Å². The van der Waals surface area contributed by atoms with Crippen LogP contribution in [0.5, 0.6) is 0 Å². The molecule has 0 aromatic rings. The van der Waals surface area contributed by atoms with Gasteiger partial charge in [0.05, 0.1) is 12.0 Å². The summed E-state index contributed by atoms with van der Waals surface area (Å²) in [5.74, 6) is 0. The first-order valence-corrected chi connectivity index (χ1v) is 3.83. The van der Waals surface area contributed by atoms with Gasteiger partial charge in [-0.05, 0) is 0 Å². The molecule has 4 nitrogen and oxygen atoms in total. The maximum atomic E-state index is 5.83. The molecule has 0 amide bonds. The predicted octanol–water partition coefficient (Wildman–Crippen LogP) is 0.216. The van der Waals surface area contributed by atoms with Crippen LogP contribution in [-0.2, 0) is 0 Å². The Morgan fingerprint density at radius 3 is 3.08 bits per heavy atom. The summed E-state index contributed by atoms with van der Waals surface area (Å²) in [5.41, 5.74) is 10.9. The largest absolute Gasteiger partial charge is 0.396 e. The van der Waals surface area contributed by atoms with Crippen molar-refractivity contribution in [3.63, 3.8) is 0 Å². The summed E-state index contributed by atoms with van der Waals surface area (Å²) >= 11 is 5.73. The van der Waals surface area contributed by atoms with Gasteiger partial charge in [-0.3, -0.25) is 0 Å². The molecule has 1 heterocycles. The maximum absolute atomic E-state index is 5.83. The van der Waals surface area contributed by atoms with Crippen molar-refractivity contribution in [3.05, 3.63) is 23.5 Å². The SMILES string of the molecule is C=CCC1(N)N=CNC(Cl)=C1N. The zero-order valence-electron chi connectivity index (χ0n) is 6.55. The second-order valence-corrected chi connectivity index (χ2v) is 2.93. The number of aliphatic imine (C=N–C) groups is 1. The number of rotatable bonds is 2. The first-order valence-electron chi connectivity index (χ1n) is 3.46. The van der Waals surface area contributed by atoms with E-state index in [1.54, 1.807) is 6.08 Å². The second-order valence-electron chi connectivity index (χ2n) is 2.55. The lowest BCUT2D eigenvalue weighted by molar-refractivity contribution is 0.514. The Morgan fingerprint density at radius 1 is 1.83 bits per heavy atom. The molecule has 1 aliphatic heterocycles. The normalized spacial score (nSPS) is 28.5. The summed E-state index contributed by atoms with van der Waals surface area (Å²) in [7, 11) is 0. The number of halogens is 1. The molecule has 1 rings (SSSR count). The van der Waals surface area contributed by atoms with Gasteiger partial charge in [-0.2, -0.15) is 0 Å². The molecule has 0 saturated heterocycles. The standard InChI is InChI=1S/C7H11ClN4/c1-2-3-7(10)5(9)6(8)11-4-12-7/h2,4H,1,3,9-10H2,(H,11,12). The van der Waals surface area contributed by atoms with Gasteiger partial charge in [-0.15, -0.1) is 6.58 Å². The minimum Gasteiger partial charge on any atom is -0.396 e. The Balaban J connectivity index is 2.95. The topological polar surface area (TPSA) is 76.4 Å². The molecule has 1 aliphatic rings. The van der Waals surface area contributed by atoms with Gasteiger partial charge in [0.2, 0.25) is 0 Å². The van der Waals surface area contributed by atoms with Gasteiger partial charge < -0.3 is 16.8 Å². The summed E-state index contributed by atoms with van der Waals surface area (Å²) in [6, 6.07) is 0. The van der Waals surface area contributed by atoms with Crippen molar-refractivity contribution in [2.45, 2.75) is 12.1 Å². The molecule has 0 spiro atoms. The van der Waals surface area contributed by atoms with Crippen LogP contribution in [0, 0.1) is 0 Å². The van der Waals surface area contributed by atoms with Gasteiger partial charge in [0.25, 0.3) is 0 Å². The lowest BCUT2D eigenvalue weighted by Gasteiger charge is -2.27. The van der Waals surface area contributed by atoms with Gasteiger partial charge in [0.1, 0.15) is 5.16 Å². The number of hydrogen-bond acceptors (Lipinski definition) is 4. The van der Waals surface area contributed by atoms with Crippen molar-refractivity contribution in [2.75, 3.05) is 0 Å². The van der Waals surface area contributed by atoms with Crippen LogP contribution in [0.25, 0.3) is 0 Å². The van der Waals surface area contributed by atoms with Crippen molar-refractivity contribution in [1.82, 2.24) is 5.32 Å². The van der Waals surface area contributed by atoms with Crippen molar-refractivity contribution in [1.29, 1.82) is 0 Å². The van der Waals surface area contributed by atoms with Gasteiger partial charge in [-0.25, -0.2) is 4.99 Å². The fraction of sp³-hybridized carbons (Fsp3) is 0.286. The smallest absolute Gasteiger partial charge is 0.156 e. The average molecular weight is 187 g/mol. The average Bonchev–Trinajstić information content (AvgIpc) is 2.01. The van der Waals surface area contributed by atoms with Crippen LogP contribution < -0.4 is 16.8 Å². The lowest BCUT2D eigenvalue weighted by atomic mass is 10.0. The third-order valence-electron chi connectivity index (χ3n) is 1.64. The molecule has 12 heavy (non-hydrogen) atoms. The quantitative estimate of drug-likeness (QED) is 0.427. The number of nitrogens with one attached hydrogen (secondary N) is 1. The molecule has 0 aromatic heterocycles. The number of nitrogens with two attached hydrogens (primary N) is 2. The summed E-state index contributed by atoms with van der Waals surface area (Å²) in [4.78, 5) is 3.99. The molecule has 0 radical (unpaired) electrons. The highest BCUT2D eigenvalue weighted by molar-refractivity contribution is 6.30. The number of hydrogen-bond donors (Lipinski definition) is 3. The van der Waals surface area contributed by atoms with E-state index in [2.05, 4.69) is 16.9 Å². The molecule has 0 fully saturated rings. The summed E-state index contributed by atoms with van der Waals surface area (Å²) in [6.07, 6.45) is 3.55. The summed E-state index contributed by atoms with van der Waals surface area (Å²) < 4.78 is 0. The fourth-order valence-corrected chi connectivity index (χ4v) is 1.14. The van der Waals surface area contributed by atoms with Crippen molar-refractivity contribution in [3.8, 4) is 0 Å². The summed E-state index contributed by atoms with van der Waals surface area (Å²) in [5, 5.41) is 2.99. The zero-order chi connectivity index (χ0) is 9.19. The Kier molecular flexibility index (Phi) is 2.40. The third kappa shape index (κ3) is 1.44. The molecule has 0 saturated carbocycles. The van der Waals surface area contributed by atoms with E-state index in [-0.39, 0.29) is 0 Å². The monoisotopic (exact) mass is 186 g/mol. The Labute approximate surface area is 76.0 Å². The predicted molar refractivity (Wildman–Crippen MR) is 50.4 cm³/mol. The van der Waals surface area contributed by atoms with Crippen LogP contribution in [0.15, 0.2) is 28.5 Å². The Hall–Kier alpha value is -1.00. The van der Waals surface area contributed by atoms with E-state index in [0.717, 1.165) is 0 Å². The first-order chi connectivity index (χ1) is 5.60. The second kappa shape index (κ2) is 3.16. The molecule has 5 N–H and O–H groups in total. The van der Waals surface area contributed by atoms with Crippen LogP contribution in [-0.4, -0.2) is 12.0 Å². The van der Waals surface area contributed by atoms with E-state index in [9.17, 15) is 0 Å². The molecular weight excluding hydrogens is 176 g/mol. The first kappa shape index (κ1) is 9.09. The Bertz CT molecular complexity index is 258. The van der Waals surface area contributed by atoms with Crippen LogP contribution >= 0.6 is 11.6 Å². The van der Waals surface area contributed by atoms with E-state index in [1.807, 2.05) is 0 Å². The van der Waals surface area contributed by atoms with Crippen molar-refractivity contribution in [2.24, 2.45) is 16.5 Å². The van der Waals surface area contributed by atoms with E-state index in [0.29, 0.717) is 17.3 Å². The highest BCUT2D eigenvalue weighted by Gasteiger charge is 2.29. The van der Waals surface area contributed by atoms with Gasteiger partial charge >= 0.3 is 0 Å². The van der Waals surface area contributed by atoms with Gasteiger partial charge in [0, 0.05) is 6.42 Å². The van der Waals surface area contributed by atoms with Crippen LogP contribution in [0.3, 0.4) is 0 Å². The van der Waals surface area contributed by atoms with Crippen LogP contribution in [0.1, 0.15) is 6.42 Å². The zero-order valence-corrected chi connectivity index (χ0v) is 7.30. The lowest BCUT2D eigenvalue weighted by Crippen LogP contribution is -2.47. The number of nitrogens with zero attached hydrogens (tertiary/aromatic N) is 1. The van der Waals surface area contributed by atoms with E-state index < -0.39 is 5.66 Å². The van der Waals surface area contributed by atoms with Gasteiger partial charge in [-0.1, -0.05) is 17.7 Å². The van der Waals surface area contributed by atoms with Gasteiger partial charge in [0.15, 0.2) is 5.66 Å². The molecule has 0 aromatic carbocycles. The summed E-state index contributed by atoms with van der Waals surface area (Å²) in [6.45, 7) is 3.56. The molecule has 66 valence electrons. The molecule has 1 atom stereocenters. The Morgan fingerprint density at radius 2 is 2.50 bits per heavy atom. The van der Waals surface area contributed by atoms with Crippen molar-refractivity contribution < 1.29 is 0 Å². The molecule has 0 bridgehead atoms. The van der Waals surface area contributed by atoms with E-state index >= 15 is 0 Å². The fourth-order valence-electron chi connectivity index (χ4n) is 0.924. The van der Waals surface area contributed by atoms with E-state index in [4.69, 9.17) is 23.1 Å². The molecule has 0 aliphatic carbocycles. The van der Waals surface area contributed by atoms with E-state index in [1.165, 1.54) is 6.34 Å². The highest BCUT2D eigenvalue weighted by atomic mass is 35.5.